The van der Waals surface area contributed by atoms with Gasteiger partial charge in [-0.1, -0.05) is 0 Å². The predicted molar refractivity (Wildman–Crippen MR) is 63.3 cm³/mol. The normalized spacial score (nSPS) is 19.7. The van der Waals surface area contributed by atoms with E-state index in [-0.39, 0.29) is 0 Å². The van der Waals surface area contributed by atoms with Gasteiger partial charge in [-0.25, -0.2) is 0 Å². The van der Waals surface area contributed by atoms with Crippen LogP contribution in [-0.2, 0) is 13.0 Å². The van der Waals surface area contributed by atoms with Crippen molar-refractivity contribution >= 4 is 0 Å². The number of nitrogens with zero attached hydrogens (tertiary/aromatic N) is 2. The van der Waals surface area contributed by atoms with Crippen molar-refractivity contribution in [3.63, 3.8) is 0 Å². The average molecular weight is 223 g/mol. The molecule has 16 heavy (non-hydrogen) atoms. The third kappa shape index (κ3) is 3.32. The Morgan fingerprint density at radius 3 is 2.94 bits per heavy atom. The lowest BCUT2D eigenvalue weighted by molar-refractivity contribution is 0.0597. The Morgan fingerprint density at radius 2 is 2.38 bits per heavy atom. The molecule has 2 N–H and O–H groups in total. The molecule has 0 aromatic carbocycles. The van der Waals surface area contributed by atoms with Crippen LogP contribution in [0.4, 0.5) is 0 Å². The first-order chi connectivity index (χ1) is 7.59. The minimum atomic E-state index is -0.676. The number of nitrogens with one attached hydrogen (secondary N) is 1. The number of aliphatic hydroxyl groups is 1. The van der Waals surface area contributed by atoms with Crippen LogP contribution < -0.4 is 5.32 Å². The smallest absolute Gasteiger partial charge is 0.0784 e. The molecule has 2 rings (SSSR count). The van der Waals surface area contributed by atoms with Crippen molar-refractivity contribution in [1.82, 2.24) is 15.1 Å². The maximum atomic E-state index is 10.2. The molecular weight excluding hydrogens is 202 g/mol. The highest BCUT2D eigenvalue weighted by atomic mass is 16.3. The van der Waals surface area contributed by atoms with E-state index in [9.17, 15) is 5.11 Å². The molecule has 1 aromatic heterocycles. The van der Waals surface area contributed by atoms with Gasteiger partial charge in [0.2, 0.25) is 0 Å². The lowest BCUT2D eigenvalue weighted by Crippen LogP contribution is -2.40. The zero-order valence-electron chi connectivity index (χ0n) is 10.1. The molecule has 1 saturated carbocycles. The van der Waals surface area contributed by atoms with Gasteiger partial charge in [-0.3, -0.25) is 4.68 Å². The van der Waals surface area contributed by atoms with Gasteiger partial charge in [0.15, 0.2) is 0 Å². The number of aromatic nitrogens is 2. The van der Waals surface area contributed by atoms with Crippen LogP contribution >= 0.6 is 0 Å². The molecule has 0 radical (unpaired) electrons. The second-order valence-electron chi connectivity index (χ2n) is 5.03. The summed E-state index contributed by atoms with van der Waals surface area (Å²) in [5.74, 6) is 0. The lowest BCUT2D eigenvalue weighted by atomic mass is 9.98. The van der Waals surface area contributed by atoms with Crippen LogP contribution in [0.3, 0.4) is 0 Å². The zero-order chi connectivity index (χ0) is 11.6. The quantitative estimate of drug-likeness (QED) is 0.755. The molecule has 4 heteroatoms. The van der Waals surface area contributed by atoms with Crippen molar-refractivity contribution < 1.29 is 5.11 Å². The second-order valence-corrected chi connectivity index (χ2v) is 5.03. The summed E-state index contributed by atoms with van der Waals surface area (Å²) < 4.78 is 1.89. The van der Waals surface area contributed by atoms with Gasteiger partial charge in [0.05, 0.1) is 11.8 Å². The Morgan fingerprint density at radius 1 is 1.62 bits per heavy atom. The topological polar surface area (TPSA) is 50.1 Å². The van der Waals surface area contributed by atoms with Crippen molar-refractivity contribution in [2.24, 2.45) is 0 Å². The second kappa shape index (κ2) is 4.55. The van der Waals surface area contributed by atoms with Crippen molar-refractivity contribution in [1.29, 1.82) is 0 Å². The summed E-state index contributed by atoms with van der Waals surface area (Å²) in [7, 11) is 0. The molecule has 4 nitrogen and oxygen atoms in total. The minimum Gasteiger partial charge on any atom is -0.389 e. The van der Waals surface area contributed by atoms with Gasteiger partial charge in [0.25, 0.3) is 0 Å². The first kappa shape index (κ1) is 11.6. The highest BCUT2D eigenvalue weighted by molar-refractivity contribution is 5.08. The number of aryl methyl sites for hydroxylation is 1. The van der Waals surface area contributed by atoms with Gasteiger partial charge in [-0.2, -0.15) is 5.10 Å². The Labute approximate surface area is 96.7 Å². The van der Waals surface area contributed by atoms with E-state index >= 15 is 0 Å². The Bertz CT molecular complexity index is 342. The monoisotopic (exact) mass is 223 g/mol. The SMILES string of the molecule is CCn1cc(CC(C)(O)CNC2CC2)cn1. The van der Waals surface area contributed by atoms with Crippen LogP contribution in [0.15, 0.2) is 12.4 Å². The third-order valence-corrected chi connectivity index (χ3v) is 2.94. The van der Waals surface area contributed by atoms with Gasteiger partial charge < -0.3 is 10.4 Å². The van der Waals surface area contributed by atoms with Gasteiger partial charge in [0.1, 0.15) is 0 Å². The van der Waals surface area contributed by atoms with Crippen LogP contribution in [0, 0.1) is 0 Å². The summed E-state index contributed by atoms with van der Waals surface area (Å²) in [5.41, 5.74) is 0.425. The summed E-state index contributed by atoms with van der Waals surface area (Å²) in [6, 6.07) is 0.643. The van der Waals surface area contributed by atoms with Crippen LogP contribution in [0.1, 0.15) is 32.3 Å². The molecule has 0 spiro atoms. The van der Waals surface area contributed by atoms with E-state index in [1.807, 2.05) is 24.0 Å². The standard InChI is InChI=1S/C12H21N3O/c1-3-15-8-10(7-14-15)6-12(2,16)9-13-11-4-5-11/h7-8,11,13,16H,3-6,9H2,1-2H3. The highest BCUT2D eigenvalue weighted by Gasteiger charge is 2.27. The fourth-order valence-corrected chi connectivity index (χ4v) is 1.82. The van der Waals surface area contributed by atoms with E-state index in [0.717, 1.165) is 12.1 Å². The minimum absolute atomic E-state index is 0.643. The van der Waals surface area contributed by atoms with Crippen molar-refractivity contribution in [3.05, 3.63) is 18.0 Å². The van der Waals surface area contributed by atoms with Gasteiger partial charge >= 0.3 is 0 Å². The van der Waals surface area contributed by atoms with E-state index in [0.29, 0.717) is 19.0 Å². The van der Waals surface area contributed by atoms with E-state index in [2.05, 4.69) is 17.3 Å². The number of hydrogen-bond donors (Lipinski definition) is 2. The van der Waals surface area contributed by atoms with E-state index < -0.39 is 5.60 Å². The Kier molecular flexibility index (Phi) is 3.30. The summed E-state index contributed by atoms with van der Waals surface area (Å²) in [5, 5.41) is 17.8. The molecule has 90 valence electrons. The highest BCUT2D eigenvalue weighted by Crippen LogP contribution is 2.20. The molecule has 0 aliphatic heterocycles. The average Bonchev–Trinajstić information content (AvgIpc) is 2.96. The fraction of sp³-hybridized carbons (Fsp3) is 0.750. The molecule has 1 fully saturated rings. The molecular formula is C12H21N3O. The maximum Gasteiger partial charge on any atom is 0.0784 e. The van der Waals surface area contributed by atoms with E-state index in [1.54, 1.807) is 0 Å². The lowest BCUT2D eigenvalue weighted by Gasteiger charge is -2.23. The molecule has 1 heterocycles. The van der Waals surface area contributed by atoms with Gasteiger partial charge in [-0.05, 0) is 32.3 Å². The van der Waals surface area contributed by atoms with Gasteiger partial charge in [-0.15, -0.1) is 0 Å². The molecule has 1 aliphatic rings. The molecule has 1 atom stereocenters. The maximum absolute atomic E-state index is 10.2. The largest absolute Gasteiger partial charge is 0.389 e. The van der Waals surface area contributed by atoms with Gasteiger partial charge in [0, 0.05) is 31.7 Å². The molecule has 0 bridgehead atoms. The van der Waals surface area contributed by atoms with Crippen molar-refractivity contribution in [2.45, 2.75) is 51.3 Å². The molecule has 0 saturated heterocycles. The summed E-state index contributed by atoms with van der Waals surface area (Å²) in [6.45, 7) is 5.48. The van der Waals surface area contributed by atoms with E-state index in [1.165, 1.54) is 12.8 Å². The Balaban J connectivity index is 1.85. The van der Waals surface area contributed by atoms with Crippen LogP contribution in [0.2, 0.25) is 0 Å². The third-order valence-electron chi connectivity index (χ3n) is 2.94. The molecule has 1 aromatic rings. The molecule has 0 amide bonds. The first-order valence-corrected chi connectivity index (χ1v) is 6.06. The van der Waals surface area contributed by atoms with E-state index in [4.69, 9.17) is 0 Å². The number of hydrogen-bond acceptors (Lipinski definition) is 3. The Hall–Kier alpha value is -0.870. The summed E-state index contributed by atoms with van der Waals surface area (Å²) in [6.07, 6.45) is 7.01. The fourth-order valence-electron chi connectivity index (χ4n) is 1.82. The van der Waals surface area contributed by atoms with Crippen LogP contribution in [0.5, 0.6) is 0 Å². The summed E-state index contributed by atoms with van der Waals surface area (Å²) >= 11 is 0. The van der Waals surface area contributed by atoms with Crippen molar-refractivity contribution in [3.8, 4) is 0 Å². The molecule has 1 aliphatic carbocycles. The van der Waals surface area contributed by atoms with Crippen LogP contribution in [0.25, 0.3) is 0 Å². The zero-order valence-corrected chi connectivity index (χ0v) is 10.1. The predicted octanol–water partition coefficient (Wildman–Crippen LogP) is 0.948. The van der Waals surface area contributed by atoms with Crippen LogP contribution in [-0.4, -0.2) is 33.1 Å². The molecule has 1 unspecified atom stereocenters. The summed E-state index contributed by atoms with van der Waals surface area (Å²) in [4.78, 5) is 0. The first-order valence-electron chi connectivity index (χ1n) is 6.06. The number of rotatable bonds is 6. The van der Waals surface area contributed by atoms with Crippen molar-refractivity contribution in [2.75, 3.05) is 6.54 Å².